The molecule has 0 radical (unpaired) electrons. The summed E-state index contributed by atoms with van der Waals surface area (Å²) in [4.78, 5) is 7.17. The Morgan fingerprint density at radius 3 is 3.00 bits per heavy atom. The van der Waals surface area contributed by atoms with E-state index in [9.17, 15) is 0 Å². The second-order valence-corrected chi connectivity index (χ2v) is 6.19. The lowest BCUT2D eigenvalue weighted by molar-refractivity contribution is 0.131. The van der Waals surface area contributed by atoms with Crippen molar-refractivity contribution in [2.45, 2.75) is 33.2 Å². The van der Waals surface area contributed by atoms with Gasteiger partial charge in [0.2, 0.25) is 0 Å². The fourth-order valence-electron chi connectivity index (χ4n) is 2.38. The third kappa shape index (κ3) is 3.50. The van der Waals surface area contributed by atoms with Crippen LogP contribution in [0, 0.1) is 11.8 Å². The largest absolute Gasteiger partial charge is 0.330 e. The van der Waals surface area contributed by atoms with Gasteiger partial charge in [-0.15, -0.1) is 11.3 Å². The average molecular weight is 253 g/mol. The van der Waals surface area contributed by atoms with E-state index in [1.54, 1.807) is 11.3 Å². The van der Waals surface area contributed by atoms with Crippen LogP contribution in [0.2, 0.25) is 0 Å². The number of hydrogen-bond donors (Lipinski definition) is 1. The van der Waals surface area contributed by atoms with E-state index in [0.717, 1.165) is 24.8 Å². The minimum Gasteiger partial charge on any atom is -0.330 e. The summed E-state index contributed by atoms with van der Waals surface area (Å²) in [5, 5.41) is 3.37. The molecule has 4 heteroatoms. The van der Waals surface area contributed by atoms with Gasteiger partial charge in [0.15, 0.2) is 0 Å². The first-order chi connectivity index (χ1) is 8.19. The molecule has 1 aliphatic heterocycles. The van der Waals surface area contributed by atoms with E-state index < -0.39 is 0 Å². The molecule has 1 aromatic rings. The summed E-state index contributed by atoms with van der Waals surface area (Å²) in [6.45, 7) is 8.87. The maximum Gasteiger partial charge on any atom is 0.0941 e. The molecule has 0 spiro atoms. The lowest BCUT2D eigenvalue weighted by Crippen LogP contribution is -2.37. The van der Waals surface area contributed by atoms with E-state index in [1.807, 2.05) is 0 Å². The minimum absolute atomic E-state index is 0.700. The summed E-state index contributed by atoms with van der Waals surface area (Å²) in [6, 6.07) is 0. The number of hydrogen-bond acceptors (Lipinski definition) is 4. The summed E-state index contributed by atoms with van der Waals surface area (Å²) in [5.74, 6) is 1.68. The SMILES string of the molecule is CC1CCN(Cc2csc(CCN)n2)CC1C. The van der Waals surface area contributed by atoms with Crippen molar-refractivity contribution < 1.29 is 0 Å². The van der Waals surface area contributed by atoms with Crippen LogP contribution in [-0.4, -0.2) is 29.5 Å². The van der Waals surface area contributed by atoms with Crippen LogP contribution in [0.25, 0.3) is 0 Å². The molecule has 2 atom stereocenters. The molecule has 1 aromatic heterocycles. The maximum atomic E-state index is 5.54. The quantitative estimate of drug-likeness (QED) is 0.894. The molecule has 1 aliphatic rings. The maximum absolute atomic E-state index is 5.54. The molecular weight excluding hydrogens is 230 g/mol. The standard InChI is InChI=1S/C13H23N3S/c1-10-4-6-16(7-11(10)2)8-12-9-17-13(15-12)3-5-14/h9-11H,3-8,14H2,1-2H3. The average Bonchev–Trinajstić information content (AvgIpc) is 2.72. The second-order valence-electron chi connectivity index (χ2n) is 5.25. The number of nitrogens with zero attached hydrogens (tertiary/aromatic N) is 2. The highest BCUT2D eigenvalue weighted by molar-refractivity contribution is 7.09. The minimum atomic E-state index is 0.700. The number of likely N-dealkylation sites (tertiary alicyclic amines) is 1. The summed E-state index contributed by atoms with van der Waals surface area (Å²) in [5.41, 5.74) is 6.77. The monoisotopic (exact) mass is 253 g/mol. The lowest BCUT2D eigenvalue weighted by atomic mass is 9.89. The van der Waals surface area contributed by atoms with Crippen molar-refractivity contribution >= 4 is 11.3 Å². The number of thiazole rings is 1. The Morgan fingerprint density at radius 1 is 1.47 bits per heavy atom. The Morgan fingerprint density at radius 2 is 2.29 bits per heavy atom. The second kappa shape index (κ2) is 5.94. The van der Waals surface area contributed by atoms with Crippen molar-refractivity contribution in [3.63, 3.8) is 0 Å². The number of aromatic nitrogens is 1. The Bertz CT molecular complexity index is 350. The highest BCUT2D eigenvalue weighted by Crippen LogP contribution is 2.24. The summed E-state index contributed by atoms with van der Waals surface area (Å²) >= 11 is 1.75. The molecule has 0 amide bonds. The summed E-state index contributed by atoms with van der Waals surface area (Å²) < 4.78 is 0. The van der Waals surface area contributed by atoms with Gasteiger partial charge in [0, 0.05) is 24.9 Å². The van der Waals surface area contributed by atoms with Gasteiger partial charge < -0.3 is 5.73 Å². The summed E-state index contributed by atoms with van der Waals surface area (Å²) in [6.07, 6.45) is 2.24. The third-order valence-corrected chi connectivity index (χ3v) is 4.72. The van der Waals surface area contributed by atoms with E-state index in [2.05, 4.69) is 29.1 Å². The first-order valence-corrected chi connectivity index (χ1v) is 7.42. The molecule has 96 valence electrons. The molecule has 0 bridgehead atoms. The fourth-order valence-corrected chi connectivity index (χ4v) is 3.19. The molecule has 1 saturated heterocycles. The predicted molar refractivity (Wildman–Crippen MR) is 73.1 cm³/mol. The topological polar surface area (TPSA) is 42.1 Å². The first-order valence-electron chi connectivity index (χ1n) is 6.54. The van der Waals surface area contributed by atoms with Crippen LogP contribution in [0.15, 0.2) is 5.38 Å². The molecule has 0 saturated carbocycles. The van der Waals surface area contributed by atoms with Gasteiger partial charge in [0.1, 0.15) is 0 Å². The number of nitrogens with two attached hydrogens (primary N) is 1. The van der Waals surface area contributed by atoms with Crippen LogP contribution in [0.5, 0.6) is 0 Å². The molecule has 0 aliphatic carbocycles. The highest BCUT2D eigenvalue weighted by atomic mass is 32.1. The normalized spacial score (nSPS) is 26.3. The zero-order chi connectivity index (χ0) is 12.3. The Kier molecular flexibility index (Phi) is 4.54. The van der Waals surface area contributed by atoms with E-state index >= 15 is 0 Å². The molecule has 2 N–H and O–H groups in total. The zero-order valence-corrected chi connectivity index (χ0v) is 11.7. The van der Waals surface area contributed by atoms with Gasteiger partial charge in [-0.05, 0) is 31.3 Å². The molecule has 17 heavy (non-hydrogen) atoms. The van der Waals surface area contributed by atoms with E-state index in [-0.39, 0.29) is 0 Å². The molecular formula is C13H23N3S. The third-order valence-electron chi connectivity index (χ3n) is 3.76. The Balaban J connectivity index is 1.87. The van der Waals surface area contributed by atoms with Crippen LogP contribution in [-0.2, 0) is 13.0 Å². The van der Waals surface area contributed by atoms with Crippen molar-refractivity contribution in [2.75, 3.05) is 19.6 Å². The van der Waals surface area contributed by atoms with Crippen molar-refractivity contribution in [1.29, 1.82) is 0 Å². The van der Waals surface area contributed by atoms with Crippen molar-refractivity contribution in [1.82, 2.24) is 9.88 Å². The van der Waals surface area contributed by atoms with E-state index in [4.69, 9.17) is 5.73 Å². The molecule has 3 nitrogen and oxygen atoms in total. The molecule has 2 rings (SSSR count). The van der Waals surface area contributed by atoms with Crippen LogP contribution >= 0.6 is 11.3 Å². The van der Waals surface area contributed by atoms with Crippen molar-refractivity contribution in [3.8, 4) is 0 Å². The fraction of sp³-hybridized carbons (Fsp3) is 0.769. The van der Waals surface area contributed by atoms with Gasteiger partial charge in [-0.3, -0.25) is 4.90 Å². The summed E-state index contributed by atoms with van der Waals surface area (Å²) in [7, 11) is 0. The van der Waals surface area contributed by atoms with Crippen LogP contribution in [0.3, 0.4) is 0 Å². The van der Waals surface area contributed by atoms with Gasteiger partial charge >= 0.3 is 0 Å². The molecule has 0 aromatic carbocycles. The van der Waals surface area contributed by atoms with Gasteiger partial charge in [-0.25, -0.2) is 4.98 Å². The Hall–Kier alpha value is -0.450. The Labute approximate surface area is 108 Å². The van der Waals surface area contributed by atoms with Gasteiger partial charge in [-0.1, -0.05) is 13.8 Å². The van der Waals surface area contributed by atoms with Crippen molar-refractivity contribution in [2.24, 2.45) is 17.6 Å². The van der Waals surface area contributed by atoms with Crippen LogP contribution in [0.4, 0.5) is 0 Å². The van der Waals surface area contributed by atoms with Crippen molar-refractivity contribution in [3.05, 3.63) is 16.1 Å². The highest BCUT2D eigenvalue weighted by Gasteiger charge is 2.22. The number of piperidine rings is 1. The molecule has 2 unspecified atom stereocenters. The van der Waals surface area contributed by atoms with Gasteiger partial charge in [-0.2, -0.15) is 0 Å². The molecule has 1 fully saturated rings. The number of rotatable bonds is 4. The predicted octanol–water partition coefficient (Wildman–Crippen LogP) is 2.12. The van der Waals surface area contributed by atoms with Gasteiger partial charge in [0.05, 0.1) is 10.7 Å². The lowest BCUT2D eigenvalue weighted by Gasteiger charge is -2.34. The van der Waals surface area contributed by atoms with E-state index in [1.165, 1.54) is 30.2 Å². The smallest absolute Gasteiger partial charge is 0.0941 e. The first kappa shape index (κ1) is 13.0. The van der Waals surface area contributed by atoms with Crippen LogP contribution in [0.1, 0.15) is 31.0 Å². The van der Waals surface area contributed by atoms with Gasteiger partial charge in [0.25, 0.3) is 0 Å². The zero-order valence-electron chi connectivity index (χ0n) is 10.9. The van der Waals surface area contributed by atoms with E-state index in [0.29, 0.717) is 6.54 Å². The molecule has 2 heterocycles. The van der Waals surface area contributed by atoms with Crippen LogP contribution < -0.4 is 5.73 Å².